The van der Waals surface area contributed by atoms with E-state index in [2.05, 4.69) is 12.2 Å². The number of aliphatic hydroxyl groups excluding tert-OH is 1. The molecule has 3 heteroatoms. The number of aliphatic hydroxyl groups is 1. The van der Waals surface area contributed by atoms with E-state index in [0.29, 0.717) is 11.6 Å². The Morgan fingerprint density at radius 1 is 1.39 bits per heavy atom. The quantitative estimate of drug-likeness (QED) is 0.861. The molecule has 1 fully saturated rings. The molecule has 0 radical (unpaired) electrons. The highest BCUT2D eigenvalue weighted by molar-refractivity contribution is 5.21. The van der Waals surface area contributed by atoms with Crippen LogP contribution in [0.15, 0.2) is 24.3 Å². The highest BCUT2D eigenvalue weighted by Gasteiger charge is 2.28. The average molecular weight is 251 g/mol. The molecule has 1 aromatic rings. The van der Waals surface area contributed by atoms with Crippen LogP contribution in [-0.2, 0) is 0 Å². The molecule has 2 rings (SSSR count). The maximum absolute atomic E-state index is 13.7. The van der Waals surface area contributed by atoms with Crippen LogP contribution < -0.4 is 5.32 Å². The summed E-state index contributed by atoms with van der Waals surface area (Å²) in [6.07, 6.45) is 4.70. The van der Waals surface area contributed by atoms with Crippen molar-refractivity contribution < 1.29 is 9.50 Å². The largest absolute Gasteiger partial charge is 0.387 e. The lowest BCUT2D eigenvalue weighted by Crippen LogP contribution is -2.45. The minimum Gasteiger partial charge on any atom is -0.387 e. The van der Waals surface area contributed by atoms with E-state index in [1.165, 1.54) is 6.07 Å². The predicted molar refractivity (Wildman–Crippen MR) is 70.8 cm³/mol. The van der Waals surface area contributed by atoms with Gasteiger partial charge < -0.3 is 10.4 Å². The number of piperidine rings is 1. The molecule has 0 unspecified atom stereocenters. The smallest absolute Gasteiger partial charge is 0.129 e. The number of nitrogens with one attached hydrogen (secondary N) is 1. The Morgan fingerprint density at radius 3 is 2.89 bits per heavy atom. The fraction of sp³-hybridized carbons (Fsp3) is 0.600. The van der Waals surface area contributed by atoms with Gasteiger partial charge in [-0.15, -0.1) is 0 Å². The van der Waals surface area contributed by atoms with Gasteiger partial charge in [-0.3, -0.25) is 0 Å². The van der Waals surface area contributed by atoms with Gasteiger partial charge >= 0.3 is 0 Å². The summed E-state index contributed by atoms with van der Waals surface area (Å²) in [5.74, 6) is -0.315. The van der Waals surface area contributed by atoms with Crippen LogP contribution in [0.4, 0.5) is 4.39 Å². The van der Waals surface area contributed by atoms with Crippen LogP contribution in [0.5, 0.6) is 0 Å². The molecule has 3 atom stereocenters. The standard InChI is InChI=1S/C15H22FNO/c1-2-6-11-7-5-10-14(17-11)15(18)12-8-3-4-9-13(12)16/h3-4,8-9,11,14-15,17-18H,2,5-7,10H2,1H3/t11-,14+,15+/m0/s1. The Bertz CT molecular complexity index is 381. The number of hydrogen-bond acceptors (Lipinski definition) is 2. The van der Waals surface area contributed by atoms with Crippen molar-refractivity contribution in [1.29, 1.82) is 0 Å². The van der Waals surface area contributed by atoms with Crippen molar-refractivity contribution in [2.45, 2.75) is 57.2 Å². The molecular formula is C15H22FNO. The fourth-order valence-corrected chi connectivity index (χ4v) is 2.81. The van der Waals surface area contributed by atoms with Gasteiger partial charge in [-0.05, 0) is 25.3 Å². The molecule has 2 N–H and O–H groups in total. The third kappa shape index (κ3) is 3.09. The van der Waals surface area contributed by atoms with Crippen LogP contribution >= 0.6 is 0 Å². The molecule has 1 aliphatic heterocycles. The summed E-state index contributed by atoms with van der Waals surface area (Å²) in [6.45, 7) is 2.17. The van der Waals surface area contributed by atoms with E-state index in [0.717, 1.165) is 32.1 Å². The normalized spacial score (nSPS) is 25.9. The second kappa shape index (κ2) is 6.30. The summed E-state index contributed by atoms with van der Waals surface area (Å²) in [7, 11) is 0. The first-order valence-electron chi connectivity index (χ1n) is 6.91. The summed E-state index contributed by atoms with van der Waals surface area (Å²) < 4.78 is 13.7. The van der Waals surface area contributed by atoms with Crippen molar-refractivity contribution in [3.05, 3.63) is 35.6 Å². The maximum Gasteiger partial charge on any atom is 0.129 e. The highest BCUT2D eigenvalue weighted by Crippen LogP contribution is 2.27. The Kier molecular flexibility index (Phi) is 4.72. The van der Waals surface area contributed by atoms with E-state index in [9.17, 15) is 9.50 Å². The van der Waals surface area contributed by atoms with Gasteiger partial charge in [0.15, 0.2) is 0 Å². The third-order valence-electron chi connectivity index (χ3n) is 3.76. The molecule has 1 aromatic carbocycles. The number of rotatable bonds is 4. The second-order valence-electron chi connectivity index (χ2n) is 5.16. The summed E-state index contributed by atoms with van der Waals surface area (Å²) in [6, 6.07) is 6.95. The first-order valence-corrected chi connectivity index (χ1v) is 6.91. The van der Waals surface area contributed by atoms with Crippen molar-refractivity contribution in [2.24, 2.45) is 0 Å². The number of benzene rings is 1. The van der Waals surface area contributed by atoms with Gasteiger partial charge in [-0.1, -0.05) is 38.0 Å². The molecule has 0 saturated carbocycles. The zero-order chi connectivity index (χ0) is 13.0. The van der Waals surface area contributed by atoms with Gasteiger partial charge in [0, 0.05) is 17.6 Å². The monoisotopic (exact) mass is 251 g/mol. The van der Waals surface area contributed by atoms with Gasteiger partial charge in [-0.25, -0.2) is 4.39 Å². The second-order valence-corrected chi connectivity index (χ2v) is 5.16. The van der Waals surface area contributed by atoms with Crippen molar-refractivity contribution in [2.75, 3.05) is 0 Å². The zero-order valence-electron chi connectivity index (χ0n) is 10.9. The molecule has 18 heavy (non-hydrogen) atoms. The lowest BCUT2D eigenvalue weighted by molar-refractivity contribution is 0.0966. The van der Waals surface area contributed by atoms with E-state index in [1.54, 1.807) is 18.2 Å². The van der Waals surface area contributed by atoms with E-state index in [-0.39, 0.29) is 11.9 Å². The van der Waals surface area contributed by atoms with Crippen LogP contribution in [-0.4, -0.2) is 17.2 Å². The van der Waals surface area contributed by atoms with E-state index < -0.39 is 6.10 Å². The molecule has 0 bridgehead atoms. The van der Waals surface area contributed by atoms with Crippen LogP contribution in [0.1, 0.15) is 50.7 Å². The lowest BCUT2D eigenvalue weighted by atomic mass is 9.90. The van der Waals surface area contributed by atoms with Crippen molar-refractivity contribution in [3.63, 3.8) is 0 Å². The zero-order valence-corrected chi connectivity index (χ0v) is 10.9. The van der Waals surface area contributed by atoms with E-state index >= 15 is 0 Å². The van der Waals surface area contributed by atoms with Crippen LogP contribution in [0.2, 0.25) is 0 Å². The topological polar surface area (TPSA) is 32.3 Å². The molecule has 100 valence electrons. The third-order valence-corrected chi connectivity index (χ3v) is 3.76. The molecule has 2 nitrogen and oxygen atoms in total. The summed E-state index contributed by atoms with van der Waals surface area (Å²) >= 11 is 0. The summed E-state index contributed by atoms with van der Waals surface area (Å²) in [5.41, 5.74) is 0.409. The minimum absolute atomic E-state index is 0.0211. The van der Waals surface area contributed by atoms with Gasteiger partial charge in [0.25, 0.3) is 0 Å². The first-order chi connectivity index (χ1) is 8.72. The van der Waals surface area contributed by atoms with Gasteiger partial charge in [0.1, 0.15) is 5.82 Å². The molecule has 0 aromatic heterocycles. The summed E-state index contributed by atoms with van der Waals surface area (Å²) in [4.78, 5) is 0. The molecule has 1 saturated heterocycles. The van der Waals surface area contributed by atoms with Crippen molar-refractivity contribution in [1.82, 2.24) is 5.32 Å². The predicted octanol–water partition coefficient (Wildman–Crippen LogP) is 3.17. The molecule has 0 aliphatic carbocycles. The van der Waals surface area contributed by atoms with Crippen LogP contribution in [0.3, 0.4) is 0 Å². The molecule has 1 heterocycles. The fourth-order valence-electron chi connectivity index (χ4n) is 2.81. The molecule has 0 spiro atoms. The SMILES string of the molecule is CCC[C@H]1CCC[C@H]([C@H](O)c2ccccc2F)N1. The van der Waals surface area contributed by atoms with E-state index in [4.69, 9.17) is 0 Å². The van der Waals surface area contributed by atoms with E-state index in [1.807, 2.05) is 0 Å². The lowest BCUT2D eigenvalue weighted by Gasteiger charge is -2.34. The molecular weight excluding hydrogens is 229 g/mol. The minimum atomic E-state index is -0.745. The summed E-state index contributed by atoms with van der Waals surface area (Å²) in [5, 5.41) is 13.8. The van der Waals surface area contributed by atoms with Crippen molar-refractivity contribution >= 4 is 0 Å². The number of halogens is 1. The Hall–Kier alpha value is -0.930. The van der Waals surface area contributed by atoms with Crippen molar-refractivity contribution in [3.8, 4) is 0 Å². The average Bonchev–Trinajstić information content (AvgIpc) is 2.39. The van der Waals surface area contributed by atoms with Crippen LogP contribution in [0.25, 0.3) is 0 Å². The van der Waals surface area contributed by atoms with Crippen LogP contribution in [0, 0.1) is 5.82 Å². The highest BCUT2D eigenvalue weighted by atomic mass is 19.1. The molecule has 0 amide bonds. The van der Waals surface area contributed by atoms with Gasteiger partial charge in [-0.2, -0.15) is 0 Å². The Balaban J connectivity index is 2.04. The Morgan fingerprint density at radius 2 is 2.17 bits per heavy atom. The first kappa shape index (κ1) is 13.5. The Labute approximate surface area is 108 Å². The number of hydrogen-bond donors (Lipinski definition) is 2. The van der Waals surface area contributed by atoms with Gasteiger partial charge in [0.2, 0.25) is 0 Å². The maximum atomic E-state index is 13.7. The molecule has 1 aliphatic rings. The van der Waals surface area contributed by atoms with Gasteiger partial charge in [0.05, 0.1) is 6.10 Å².